The summed E-state index contributed by atoms with van der Waals surface area (Å²) >= 11 is 7.95. The number of halogens is 2. The van der Waals surface area contributed by atoms with E-state index in [1.54, 1.807) is 19.1 Å². The molecule has 0 aliphatic rings. The molecule has 0 bridgehead atoms. The van der Waals surface area contributed by atoms with E-state index in [1.807, 2.05) is 12.1 Å². The Balaban J connectivity index is 2.11. The first-order chi connectivity index (χ1) is 11.3. The van der Waals surface area contributed by atoms with Gasteiger partial charge in [0.05, 0.1) is 11.4 Å². The highest BCUT2D eigenvalue weighted by Gasteiger charge is 2.25. The van der Waals surface area contributed by atoms with Gasteiger partial charge in [0.15, 0.2) is 0 Å². The zero-order chi connectivity index (χ0) is 17.7. The number of rotatable bonds is 6. The maximum absolute atomic E-state index is 12.6. The van der Waals surface area contributed by atoms with Crippen LogP contribution in [0.25, 0.3) is 0 Å². The summed E-state index contributed by atoms with van der Waals surface area (Å²) in [6.45, 7) is 1.62. The third kappa shape index (κ3) is 4.92. The molecular weight excluding hydrogens is 463 g/mol. The molecule has 0 aliphatic heterocycles. The Labute approximate surface area is 160 Å². The van der Waals surface area contributed by atoms with Crippen molar-refractivity contribution in [1.82, 2.24) is 4.31 Å². The normalized spacial score (nSPS) is 11.5. The van der Waals surface area contributed by atoms with Gasteiger partial charge in [-0.3, -0.25) is 4.79 Å². The monoisotopic (exact) mass is 478 g/mol. The van der Waals surface area contributed by atoms with Crippen molar-refractivity contribution in [1.29, 1.82) is 0 Å². The number of amides is 1. The molecule has 8 heteroatoms. The highest BCUT2D eigenvalue weighted by Crippen LogP contribution is 2.18. The van der Waals surface area contributed by atoms with Gasteiger partial charge in [0.2, 0.25) is 15.9 Å². The molecule has 5 nitrogen and oxygen atoms in total. The van der Waals surface area contributed by atoms with E-state index in [2.05, 4.69) is 27.9 Å². The van der Waals surface area contributed by atoms with Gasteiger partial charge in [-0.05, 0) is 71.1 Å². The fraction of sp³-hybridized carbons (Fsp3) is 0.188. The number of likely N-dealkylation sites (N-methyl/N-ethyl adjacent to an activating group) is 1. The first-order valence-electron chi connectivity index (χ1n) is 7.14. The minimum atomic E-state index is -3.75. The third-order valence-corrected chi connectivity index (χ3v) is 6.16. The number of hydrogen-bond donors (Lipinski definition) is 1. The smallest absolute Gasteiger partial charge is 0.243 e. The first-order valence-corrected chi connectivity index (χ1v) is 10.0. The summed E-state index contributed by atoms with van der Waals surface area (Å²) in [5.74, 6) is -0.393. The average molecular weight is 479 g/mol. The van der Waals surface area contributed by atoms with Crippen molar-refractivity contribution in [3.8, 4) is 0 Å². The summed E-state index contributed by atoms with van der Waals surface area (Å²) in [6.07, 6.45) is 0. The molecule has 24 heavy (non-hydrogen) atoms. The lowest BCUT2D eigenvalue weighted by Gasteiger charge is -2.20. The SMILES string of the molecule is CCN(CC(=O)Nc1ccc(I)cc1)S(=O)(=O)c1ccc(Cl)cc1. The second kappa shape index (κ2) is 8.28. The molecule has 0 saturated carbocycles. The molecule has 0 fully saturated rings. The summed E-state index contributed by atoms with van der Waals surface area (Å²) < 4.78 is 27.4. The van der Waals surface area contributed by atoms with Gasteiger partial charge in [0.25, 0.3) is 0 Å². The van der Waals surface area contributed by atoms with Crippen LogP contribution < -0.4 is 5.32 Å². The second-order valence-corrected chi connectivity index (χ2v) is 8.56. The molecule has 2 aromatic rings. The molecule has 2 aromatic carbocycles. The Morgan fingerprint density at radius 1 is 1.12 bits per heavy atom. The van der Waals surface area contributed by atoms with Crippen LogP contribution in [-0.4, -0.2) is 31.7 Å². The third-order valence-electron chi connectivity index (χ3n) is 3.25. The van der Waals surface area contributed by atoms with Crippen LogP contribution in [0.1, 0.15) is 6.92 Å². The van der Waals surface area contributed by atoms with Crippen molar-refractivity contribution in [2.24, 2.45) is 0 Å². The van der Waals surface area contributed by atoms with Gasteiger partial charge in [-0.1, -0.05) is 18.5 Å². The Kier molecular flexibility index (Phi) is 6.62. The fourth-order valence-corrected chi connectivity index (χ4v) is 3.91. The van der Waals surface area contributed by atoms with Crippen LogP contribution in [0.3, 0.4) is 0 Å². The summed E-state index contributed by atoms with van der Waals surface area (Å²) in [5, 5.41) is 3.15. The number of anilines is 1. The average Bonchev–Trinajstić information content (AvgIpc) is 2.55. The van der Waals surface area contributed by atoms with E-state index in [-0.39, 0.29) is 18.0 Å². The number of nitrogens with one attached hydrogen (secondary N) is 1. The van der Waals surface area contributed by atoms with Crippen molar-refractivity contribution in [2.45, 2.75) is 11.8 Å². The topological polar surface area (TPSA) is 66.5 Å². The number of carbonyl (C=O) groups is 1. The summed E-state index contributed by atoms with van der Waals surface area (Å²) in [6, 6.07) is 13.1. The molecule has 128 valence electrons. The molecule has 1 amide bonds. The highest BCUT2D eigenvalue weighted by molar-refractivity contribution is 14.1. The quantitative estimate of drug-likeness (QED) is 0.645. The summed E-state index contributed by atoms with van der Waals surface area (Å²) in [5.41, 5.74) is 0.625. The number of carbonyl (C=O) groups excluding carboxylic acids is 1. The Hall–Kier alpha value is -1.16. The lowest BCUT2D eigenvalue weighted by Crippen LogP contribution is -2.37. The van der Waals surface area contributed by atoms with Crippen LogP contribution in [0.2, 0.25) is 5.02 Å². The van der Waals surface area contributed by atoms with Gasteiger partial charge in [-0.15, -0.1) is 0 Å². The Morgan fingerprint density at radius 2 is 1.71 bits per heavy atom. The van der Waals surface area contributed by atoms with Crippen molar-refractivity contribution >= 4 is 55.8 Å². The van der Waals surface area contributed by atoms with Crippen molar-refractivity contribution in [3.05, 3.63) is 57.1 Å². The zero-order valence-electron chi connectivity index (χ0n) is 12.9. The minimum absolute atomic E-state index is 0.107. The molecule has 0 atom stereocenters. The van der Waals surface area contributed by atoms with Crippen molar-refractivity contribution < 1.29 is 13.2 Å². The van der Waals surface area contributed by atoms with Crippen LogP contribution in [0, 0.1) is 3.57 Å². The Morgan fingerprint density at radius 3 is 2.25 bits per heavy atom. The van der Waals surface area contributed by atoms with Gasteiger partial charge in [0, 0.05) is 20.8 Å². The van der Waals surface area contributed by atoms with Gasteiger partial charge in [0.1, 0.15) is 0 Å². The van der Waals surface area contributed by atoms with E-state index in [4.69, 9.17) is 11.6 Å². The minimum Gasteiger partial charge on any atom is -0.325 e. The number of sulfonamides is 1. The summed E-state index contributed by atoms with van der Waals surface area (Å²) in [4.78, 5) is 12.3. The standard InChI is InChI=1S/C16H16ClIN2O3S/c1-2-20(24(22,23)15-9-3-12(17)4-10-15)11-16(21)19-14-7-5-13(18)6-8-14/h3-10H,2,11H2,1H3,(H,19,21). The predicted molar refractivity (Wildman–Crippen MR) is 104 cm³/mol. The molecular formula is C16H16ClIN2O3S. The van der Waals surface area contributed by atoms with Crippen molar-refractivity contribution in [3.63, 3.8) is 0 Å². The Bertz CT molecular complexity index is 808. The molecule has 0 saturated heterocycles. The van der Waals surface area contributed by atoms with Gasteiger partial charge in [-0.25, -0.2) is 8.42 Å². The molecule has 0 aliphatic carbocycles. The van der Waals surface area contributed by atoms with Crippen LogP contribution in [-0.2, 0) is 14.8 Å². The fourth-order valence-electron chi connectivity index (χ4n) is 2.02. The van der Waals surface area contributed by atoms with E-state index in [9.17, 15) is 13.2 Å². The van der Waals surface area contributed by atoms with E-state index in [0.29, 0.717) is 10.7 Å². The highest BCUT2D eigenvalue weighted by atomic mass is 127. The molecule has 0 heterocycles. The molecule has 0 radical (unpaired) electrons. The van der Waals surface area contributed by atoms with Crippen LogP contribution in [0.15, 0.2) is 53.4 Å². The number of benzene rings is 2. The van der Waals surface area contributed by atoms with Gasteiger partial charge in [-0.2, -0.15) is 4.31 Å². The maximum atomic E-state index is 12.6. The molecule has 0 spiro atoms. The first kappa shape index (κ1) is 19.2. The lowest BCUT2D eigenvalue weighted by molar-refractivity contribution is -0.116. The van der Waals surface area contributed by atoms with Crippen LogP contribution >= 0.6 is 34.2 Å². The predicted octanol–water partition coefficient (Wildman–Crippen LogP) is 3.59. The van der Waals surface area contributed by atoms with E-state index in [0.717, 1.165) is 7.88 Å². The van der Waals surface area contributed by atoms with Crippen LogP contribution in [0.5, 0.6) is 0 Å². The van der Waals surface area contributed by atoms with E-state index >= 15 is 0 Å². The largest absolute Gasteiger partial charge is 0.325 e. The van der Waals surface area contributed by atoms with Gasteiger partial charge < -0.3 is 5.32 Å². The lowest BCUT2D eigenvalue weighted by atomic mass is 10.3. The van der Waals surface area contributed by atoms with Gasteiger partial charge >= 0.3 is 0 Å². The summed E-state index contributed by atoms with van der Waals surface area (Å²) in [7, 11) is -3.75. The van der Waals surface area contributed by atoms with E-state index < -0.39 is 15.9 Å². The molecule has 1 N–H and O–H groups in total. The maximum Gasteiger partial charge on any atom is 0.243 e. The zero-order valence-corrected chi connectivity index (χ0v) is 16.6. The van der Waals surface area contributed by atoms with E-state index in [1.165, 1.54) is 24.3 Å². The molecule has 0 aromatic heterocycles. The molecule has 2 rings (SSSR count). The second-order valence-electron chi connectivity index (χ2n) is 4.94. The molecule has 0 unspecified atom stereocenters. The van der Waals surface area contributed by atoms with Crippen LogP contribution in [0.4, 0.5) is 5.69 Å². The van der Waals surface area contributed by atoms with Crippen molar-refractivity contribution in [2.75, 3.05) is 18.4 Å². The number of hydrogen-bond acceptors (Lipinski definition) is 3. The number of nitrogens with zero attached hydrogens (tertiary/aromatic N) is 1.